The molecule has 0 radical (unpaired) electrons. The van der Waals surface area contributed by atoms with Gasteiger partial charge in [-0.3, -0.25) is 4.79 Å². The Kier molecular flexibility index (Phi) is 9.54. The number of nitrogens with zero attached hydrogens (tertiary/aromatic N) is 1. The van der Waals surface area contributed by atoms with Crippen LogP contribution in [0.4, 0.5) is 4.39 Å². The van der Waals surface area contributed by atoms with E-state index in [2.05, 4.69) is 20.9 Å². The van der Waals surface area contributed by atoms with Gasteiger partial charge in [0.2, 0.25) is 5.91 Å². The first-order valence-corrected chi connectivity index (χ1v) is 8.30. The van der Waals surface area contributed by atoms with Gasteiger partial charge in [0.05, 0.1) is 6.54 Å². The van der Waals surface area contributed by atoms with Crippen molar-refractivity contribution in [3.8, 4) is 5.75 Å². The SMILES string of the molecule is CCNC(=NCC(=O)NC1CC1)NCC(C)Oc1ccc(F)cc1.I. The van der Waals surface area contributed by atoms with Gasteiger partial charge in [0.25, 0.3) is 0 Å². The Bertz CT molecular complexity index is 564. The largest absolute Gasteiger partial charge is 0.489 e. The minimum Gasteiger partial charge on any atom is -0.489 e. The Balaban J connectivity index is 0.00000312. The Morgan fingerprint density at radius 3 is 2.60 bits per heavy atom. The second-order valence-electron chi connectivity index (χ2n) is 5.80. The highest BCUT2D eigenvalue weighted by atomic mass is 127. The molecule has 0 aliphatic heterocycles. The molecule has 0 bridgehead atoms. The molecular formula is C17H26FIN4O2. The number of benzene rings is 1. The summed E-state index contributed by atoms with van der Waals surface area (Å²) in [6.45, 7) is 5.16. The summed E-state index contributed by atoms with van der Waals surface area (Å²) in [6, 6.07) is 6.24. The van der Waals surface area contributed by atoms with E-state index in [0.717, 1.165) is 12.8 Å². The van der Waals surface area contributed by atoms with E-state index in [-0.39, 0.29) is 48.3 Å². The van der Waals surface area contributed by atoms with Crippen LogP contribution >= 0.6 is 24.0 Å². The number of aliphatic imine (C=N–C) groups is 1. The summed E-state index contributed by atoms with van der Waals surface area (Å²) >= 11 is 0. The molecule has 0 spiro atoms. The van der Waals surface area contributed by atoms with E-state index in [1.165, 1.54) is 12.1 Å². The van der Waals surface area contributed by atoms with Gasteiger partial charge in [-0.15, -0.1) is 24.0 Å². The monoisotopic (exact) mass is 464 g/mol. The zero-order valence-corrected chi connectivity index (χ0v) is 16.9. The van der Waals surface area contributed by atoms with E-state index in [4.69, 9.17) is 4.74 Å². The predicted octanol–water partition coefficient (Wildman–Crippen LogP) is 2.04. The minimum atomic E-state index is -0.292. The van der Waals surface area contributed by atoms with Crippen LogP contribution in [0.5, 0.6) is 5.75 Å². The molecule has 0 aromatic heterocycles. The minimum absolute atomic E-state index is 0. The highest BCUT2D eigenvalue weighted by Gasteiger charge is 2.22. The molecule has 0 saturated heterocycles. The molecule has 1 amide bonds. The Morgan fingerprint density at radius 1 is 1.32 bits per heavy atom. The number of ether oxygens (including phenoxy) is 1. The fraction of sp³-hybridized carbons (Fsp3) is 0.529. The maximum atomic E-state index is 12.9. The van der Waals surface area contributed by atoms with Crippen LogP contribution in [-0.4, -0.2) is 43.6 Å². The molecule has 1 aliphatic rings. The van der Waals surface area contributed by atoms with Crippen LogP contribution in [0.25, 0.3) is 0 Å². The summed E-state index contributed by atoms with van der Waals surface area (Å²) in [4.78, 5) is 15.9. The summed E-state index contributed by atoms with van der Waals surface area (Å²) in [7, 11) is 0. The third-order valence-corrected chi connectivity index (χ3v) is 3.38. The lowest BCUT2D eigenvalue weighted by Crippen LogP contribution is -2.42. The van der Waals surface area contributed by atoms with Crippen LogP contribution < -0.4 is 20.7 Å². The molecule has 1 saturated carbocycles. The molecule has 3 N–H and O–H groups in total. The fourth-order valence-corrected chi connectivity index (χ4v) is 2.02. The standard InChI is InChI=1S/C17H25FN4O2.HI/c1-3-19-17(21-11-16(23)22-14-6-7-14)20-10-12(2)24-15-8-4-13(18)5-9-15;/h4-5,8-9,12,14H,3,6-7,10-11H2,1-2H3,(H,22,23)(H2,19,20,21);1H. The second kappa shape index (κ2) is 11.1. The van der Waals surface area contributed by atoms with E-state index in [0.29, 0.717) is 30.8 Å². The molecular weight excluding hydrogens is 438 g/mol. The Labute approximate surface area is 165 Å². The van der Waals surface area contributed by atoms with Gasteiger partial charge < -0.3 is 20.7 Å². The van der Waals surface area contributed by atoms with Crippen LogP contribution in [0.1, 0.15) is 26.7 Å². The van der Waals surface area contributed by atoms with Crippen molar-refractivity contribution in [1.82, 2.24) is 16.0 Å². The molecule has 1 aliphatic carbocycles. The smallest absolute Gasteiger partial charge is 0.242 e. The van der Waals surface area contributed by atoms with Gasteiger partial charge in [-0.2, -0.15) is 0 Å². The van der Waals surface area contributed by atoms with Crippen molar-refractivity contribution in [2.24, 2.45) is 4.99 Å². The van der Waals surface area contributed by atoms with Crippen molar-refractivity contribution in [2.45, 2.75) is 38.8 Å². The molecule has 0 heterocycles. The number of carbonyl (C=O) groups is 1. The Morgan fingerprint density at radius 2 is 2.00 bits per heavy atom. The number of rotatable bonds is 8. The highest BCUT2D eigenvalue weighted by molar-refractivity contribution is 14.0. The zero-order valence-electron chi connectivity index (χ0n) is 14.5. The predicted molar refractivity (Wildman–Crippen MR) is 107 cm³/mol. The van der Waals surface area contributed by atoms with E-state index >= 15 is 0 Å². The molecule has 1 atom stereocenters. The number of guanidine groups is 1. The van der Waals surface area contributed by atoms with Gasteiger partial charge in [-0.25, -0.2) is 9.38 Å². The van der Waals surface area contributed by atoms with Crippen molar-refractivity contribution in [3.63, 3.8) is 0 Å². The molecule has 25 heavy (non-hydrogen) atoms. The van der Waals surface area contributed by atoms with Gasteiger partial charge in [0, 0.05) is 12.6 Å². The van der Waals surface area contributed by atoms with Crippen molar-refractivity contribution < 1.29 is 13.9 Å². The summed E-state index contributed by atoms with van der Waals surface area (Å²) in [5.74, 6) is 0.818. The number of hydrogen-bond acceptors (Lipinski definition) is 3. The third kappa shape index (κ3) is 8.89. The van der Waals surface area contributed by atoms with Gasteiger partial charge >= 0.3 is 0 Å². The number of nitrogens with one attached hydrogen (secondary N) is 3. The zero-order chi connectivity index (χ0) is 17.4. The third-order valence-electron chi connectivity index (χ3n) is 3.38. The van der Waals surface area contributed by atoms with Crippen LogP contribution in [0.2, 0.25) is 0 Å². The molecule has 6 nitrogen and oxygen atoms in total. The van der Waals surface area contributed by atoms with Crippen molar-refractivity contribution in [1.29, 1.82) is 0 Å². The van der Waals surface area contributed by atoms with Gasteiger partial charge in [-0.1, -0.05) is 0 Å². The molecule has 1 fully saturated rings. The topological polar surface area (TPSA) is 74.8 Å². The maximum Gasteiger partial charge on any atom is 0.242 e. The van der Waals surface area contributed by atoms with Crippen molar-refractivity contribution >= 4 is 35.8 Å². The van der Waals surface area contributed by atoms with Gasteiger partial charge in [-0.05, 0) is 51.0 Å². The molecule has 1 aromatic rings. The molecule has 1 aromatic carbocycles. The first kappa shape index (κ1) is 21.5. The quantitative estimate of drug-likeness (QED) is 0.313. The van der Waals surface area contributed by atoms with E-state index in [1.807, 2.05) is 13.8 Å². The summed E-state index contributed by atoms with van der Waals surface area (Å²) < 4.78 is 18.6. The number of amides is 1. The van der Waals surface area contributed by atoms with Crippen LogP contribution in [-0.2, 0) is 4.79 Å². The maximum absolute atomic E-state index is 12.9. The van der Waals surface area contributed by atoms with Gasteiger partial charge in [0.1, 0.15) is 24.2 Å². The number of halogens is 2. The number of hydrogen-bond donors (Lipinski definition) is 3. The van der Waals surface area contributed by atoms with Crippen LogP contribution in [0.15, 0.2) is 29.3 Å². The second-order valence-corrected chi connectivity index (χ2v) is 5.80. The van der Waals surface area contributed by atoms with Crippen molar-refractivity contribution in [2.75, 3.05) is 19.6 Å². The molecule has 140 valence electrons. The molecule has 1 unspecified atom stereocenters. The fourth-order valence-electron chi connectivity index (χ4n) is 2.02. The van der Waals surface area contributed by atoms with Crippen LogP contribution in [0.3, 0.4) is 0 Å². The first-order valence-electron chi connectivity index (χ1n) is 8.30. The molecule has 2 rings (SSSR count). The summed E-state index contributed by atoms with van der Waals surface area (Å²) in [6.07, 6.45) is 1.98. The Hall–Kier alpha value is -1.58. The van der Waals surface area contributed by atoms with Crippen LogP contribution in [0, 0.1) is 5.82 Å². The lowest BCUT2D eigenvalue weighted by Gasteiger charge is -2.17. The number of carbonyl (C=O) groups excluding carboxylic acids is 1. The van der Waals surface area contributed by atoms with E-state index in [1.54, 1.807) is 12.1 Å². The van der Waals surface area contributed by atoms with Gasteiger partial charge in [0.15, 0.2) is 5.96 Å². The molecule has 8 heteroatoms. The summed E-state index contributed by atoms with van der Waals surface area (Å²) in [5, 5.41) is 9.12. The summed E-state index contributed by atoms with van der Waals surface area (Å²) in [5.41, 5.74) is 0. The normalized spacial score (nSPS) is 14.9. The van der Waals surface area contributed by atoms with Crippen molar-refractivity contribution in [3.05, 3.63) is 30.1 Å². The average Bonchev–Trinajstić information content (AvgIpc) is 3.36. The lowest BCUT2D eigenvalue weighted by atomic mass is 10.3. The lowest BCUT2D eigenvalue weighted by molar-refractivity contribution is -0.119. The highest BCUT2D eigenvalue weighted by Crippen LogP contribution is 2.18. The average molecular weight is 464 g/mol. The van der Waals surface area contributed by atoms with E-state index in [9.17, 15) is 9.18 Å². The van der Waals surface area contributed by atoms with E-state index < -0.39 is 0 Å². The first-order chi connectivity index (χ1) is 11.6.